The summed E-state index contributed by atoms with van der Waals surface area (Å²) in [7, 11) is 1.33. The molecule has 0 radical (unpaired) electrons. The lowest BCUT2D eigenvalue weighted by molar-refractivity contribution is 0.157. The molecule has 17 heavy (non-hydrogen) atoms. The predicted molar refractivity (Wildman–Crippen MR) is 58.6 cm³/mol. The fourth-order valence-electron chi connectivity index (χ4n) is 1.41. The highest BCUT2D eigenvalue weighted by atomic mass is 19.1. The van der Waals surface area contributed by atoms with Crippen molar-refractivity contribution in [3.8, 4) is 5.75 Å². The molecule has 94 valence electrons. The Balaban J connectivity index is 2.68. The van der Waals surface area contributed by atoms with E-state index in [0.29, 0.717) is 0 Å². The molecule has 0 saturated carbocycles. The highest BCUT2D eigenvalue weighted by molar-refractivity contribution is 5.64. The number of carboxylic acid groups (broad SMARTS) is 1. The van der Waals surface area contributed by atoms with E-state index in [1.807, 2.05) is 0 Å². The second-order valence-electron chi connectivity index (χ2n) is 3.40. The lowest BCUT2D eigenvalue weighted by atomic mass is 10.1. The maximum Gasteiger partial charge on any atom is 0.404 e. The first-order valence-electron chi connectivity index (χ1n) is 5.03. The Labute approximate surface area is 97.8 Å². The molecule has 1 amide bonds. The Morgan fingerprint density at radius 2 is 2.29 bits per heavy atom. The van der Waals surface area contributed by atoms with Gasteiger partial charge in [0.1, 0.15) is 0 Å². The van der Waals surface area contributed by atoms with Crippen LogP contribution in [0.3, 0.4) is 0 Å². The first-order chi connectivity index (χ1) is 8.06. The summed E-state index contributed by atoms with van der Waals surface area (Å²) in [5, 5.41) is 20.1. The standard InChI is InChI=1S/C11H14FNO4/c1-17-9-4-2-3-7(10(9)12)8(14)5-6-13-11(15)16/h2-4,8,13-14H,5-6H2,1H3,(H,15,16). The van der Waals surface area contributed by atoms with E-state index in [2.05, 4.69) is 5.32 Å². The van der Waals surface area contributed by atoms with Crippen molar-refractivity contribution in [1.29, 1.82) is 0 Å². The normalized spacial score (nSPS) is 11.9. The Hall–Kier alpha value is -1.82. The summed E-state index contributed by atoms with van der Waals surface area (Å²) in [6.45, 7) is 0.0488. The van der Waals surface area contributed by atoms with Crippen LogP contribution in [0.2, 0.25) is 0 Å². The number of hydrogen-bond donors (Lipinski definition) is 3. The average Bonchev–Trinajstić information content (AvgIpc) is 2.28. The molecule has 1 aromatic carbocycles. The lowest BCUT2D eigenvalue weighted by Crippen LogP contribution is -2.23. The SMILES string of the molecule is COc1cccc(C(O)CCNC(=O)O)c1F. The van der Waals surface area contributed by atoms with Gasteiger partial charge in [-0.3, -0.25) is 0 Å². The van der Waals surface area contributed by atoms with Crippen LogP contribution in [0, 0.1) is 5.82 Å². The minimum absolute atomic E-state index is 0.0488. The van der Waals surface area contributed by atoms with Crippen molar-refractivity contribution in [1.82, 2.24) is 5.32 Å². The third-order valence-electron chi connectivity index (χ3n) is 2.27. The van der Waals surface area contributed by atoms with Crippen LogP contribution >= 0.6 is 0 Å². The van der Waals surface area contributed by atoms with Gasteiger partial charge in [-0.25, -0.2) is 9.18 Å². The monoisotopic (exact) mass is 243 g/mol. The van der Waals surface area contributed by atoms with Crippen molar-refractivity contribution in [3.63, 3.8) is 0 Å². The first kappa shape index (κ1) is 13.2. The van der Waals surface area contributed by atoms with Crippen molar-refractivity contribution >= 4 is 6.09 Å². The topological polar surface area (TPSA) is 78.8 Å². The minimum atomic E-state index is -1.18. The molecule has 0 aliphatic rings. The van der Waals surface area contributed by atoms with Gasteiger partial charge >= 0.3 is 6.09 Å². The molecule has 1 atom stereocenters. The summed E-state index contributed by atoms with van der Waals surface area (Å²) in [4.78, 5) is 10.2. The molecule has 0 aromatic heterocycles. The number of halogens is 1. The summed E-state index contributed by atoms with van der Waals surface area (Å²) >= 11 is 0. The molecule has 3 N–H and O–H groups in total. The average molecular weight is 243 g/mol. The number of ether oxygens (including phenoxy) is 1. The zero-order chi connectivity index (χ0) is 12.8. The van der Waals surface area contributed by atoms with Gasteiger partial charge < -0.3 is 20.3 Å². The van der Waals surface area contributed by atoms with Crippen LogP contribution in [0.25, 0.3) is 0 Å². The number of aliphatic hydroxyl groups excluding tert-OH is 1. The highest BCUT2D eigenvalue weighted by Crippen LogP contribution is 2.26. The number of amides is 1. The van der Waals surface area contributed by atoms with Crippen LogP contribution in [-0.2, 0) is 0 Å². The van der Waals surface area contributed by atoms with Crippen LogP contribution in [-0.4, -0.2) is 30.0 Å². The maximum absolute atomic E-state index is 13.7. The number of rotatable bonds is 5. The van der Waals surface area contributed by atoms with E-state index >= 15 is 0 Å². The summed E-state index contributed by atoms with van der Waals surface area (Å²) in [6, 6.07) is 4.44. The fraction of sp³-hybridized carbons (Fsp3) is 0.364. The van der Waals surface area contributed by atoms with E-state index in [4.69, 9.17) is 9.84 Å². The van der Waals surface area contributed by atoms with Crippen molar-refractivity contribution in [2.24, 2.45) is 0 Å². The van der Waals surface area contributed by atoms with Crippen molar-refractivity contribution in [2.75, 3.05) is 13.7 Å². The first-order valence-corrected chi connectivity index (χ1v) is 5.03. The summed E-state index contributed by atoms with van der Waals surface area (Å²) < 4.78 is 18.5. The van der Waals surface area contributed by atoms with E-state index < -0.39 is 18.0 Å². The molecular formula is C11H14FNO4. The van der Waals surface area contributed by atoms with Crippen LogP contribution in [0.1, 0.15) is 18.1 Å². The molecule has 0 heterocycles. The van der Waals surface area contributed by atoms with Crippen molar-refractivity contribution < 1.29 is 24.1 Å². The number of methoxy groups -OCH3 is 1. The van der Waals surface area contributed by atoms with Gasteiger partial charge in [0.2, 0.25) is 0 Å². The number of hydrogen-bond acceptors (Lipinski definition) is 3. The second-order valence-corrected chi connectivity index (χ2v) is 3.40. The van der Waals surface area contributed by atoms with Gasteiger partial charge in [-0.1, -0.05) is 12.1 Å². The smallest absolute Gasteiger partial charge is 0.404 e. The third-order valence-corrected chi connectivity index (χ3v) is 2.27. The third kappa shape index (κ3) is 3.60. The molecule has 5 nitrogen and oxygen atoms in total. The van der Waals surface area contributed by atoms with Crippen LogP contribution < -0.4 is 10.1 Å². The molecule has 0 saturated heterocycles. The number of aliphatic hydroxyl groups is 1. The Bertz CT molecular complexity index is 397. The summed E-state index contributed by atoms with van der Waals surface area (Å²) in [5.41, 5.74) is 0.0940. The van der Waals surface area contributed by atoms with Gasteiger partial charge in [-0.05, 0) is 12.5 Å². The highest BCUT2D eigenvalue weighted by Gasteiger charge is 2.15. The van der Waals surface area contributed by atoms with Gasteiger partial charge in [0.25, 0.3) is 0 Å². The minimum Gasteiger partial charge on any atom is -0.494 e. The molecule has 1 rings (SSSR count). The zero-order valence-electron chi connectivity index (χ0n) is 9.31. The quantitative estimate of drug-likeness (QED) is 0.732. The molecule has 1 unspecified atom stereocenters. The fourth-order valence-corrected chi connectivity index (χ4v) is 1.41. The number of nitrogens with one attached hydrogen (secondary N) is 1. The Morgan fingerprint density at radius 1 is 1.59 bits per heavy atom. The molecule has 0 spiro atoms. The van der Waals surface area contributed by atoms with Gasteiger partial charge in [-0.2, -0.15) is 0 Å². The zero-order valence-corrected chi connectivity index (χ0v) is 9.31. The van der Waals surface area contributed by atoms with E-state index in [1.54, 1.807) is 6.07 Å². The van der Waals surface area contributed by atoms with Gasteiger partial charge in [0.15, 0.2) is 11.6 Å². The molecule has 0 fully saturated rings. The number of carbonyl (C=O) groups is 1. The Morgan fingerprint density at radius 3 is 2.88 bits per heavy atom. The number of benzene rings is 1. The van der Waals surface area contributed by atoms with Gasteiger partial charge in [0.05, 0.1) is 13.2 Å². The second kappa shape index (κ2) is 6.05. The molecular weight excluding hydrogens is 229 g/mol. The maximum atomic E-state index is 13.7. The van der Waals surface area contributed by atoms with Crippen LogP contribution in [0.5, 0.6) is 5.75 Å². The van der Waals surface area contributed by atoms with E-state index in [0.717, 1.165) is 0 Å². The van der Waals surface area contributed by atoms with Crippen LogP contribution in [0.4, 0.5) is 9.18 Å². The van der Waals surface area contributed by atoms with E-state index in [1.165, 1.54) is 19.2 Å². The van der Waals surface area contributed by atoms with Gasteiger partial charge in [-0.15, -0.1) is 0 Å². The Kier molecular flexibility index (Phi) is 4.71. The van der Waals surface area contributed by atoms with E-state index in [-0.39, 0.29) is 24.3 Å². The summed E-state index contributed by atoms with van der Waals surface area (Å²) in [5.74, 6) is -0.578. The molecule has 0 aliphatic carbocycles. The van der Waals surface area contributed by atoms with Crippen molar-refractivity contribution in [2.45, 2.75) is 12.5 Å². The molecule has 6 heteroatoms. The van der Waals surface area contributed by atoms with Crippen molar-refractivity contribution in [3.05, 3.63) is 29.6 Å². The van der Waals surface area contributed by atoms with E-state index in [9.17, 15) is 14.3 Å². The largest absolute Gasteiger partial charge is 0.494 e. The molecule has 0 aliphatic heterocycles. The molecule has 0 bridgehead atoms. The molecule has 1 aromatic rings. The van der Waals surface area contributed by atoms with Crippen LogP contribution in [0.15, 0.2) is 18.2 Å². The lowest BCUT2D eigenvalue weighted by Gasteiger charge is -2.13. The van der Waals surface area contributed by atoms with Gasteiger partial charge in [0, 0.05) is 12.1 Å². The predicted octanol–water partition coefficient (Wildman–Crippen LogP) is 1.53. The summed E-state index contributed by atoms with van der Waals surface area (Å²) in [6.07, 6.45) is -2.16.